The van der Waals surface area contributed by atoms with Crippen molar-refractivity contribution in [2.24, 2.45) is 0 Å². The Morgan fingerprint density at radius 1 is 1.10 bits per heavy atom. The number of hydrogen-bond donors (Lipinski definition) is 0. The molecular weight excluding hydrogens is 390 g/mol. The van der Waals surface area contributed by atoms with Crippen molar-refractivity contribution in [3.63, 3.8) is 0 Å². The molecule has 4 rings (SSSR count). The molecule has 1 fully saturated rings. The fourth-order valence-corrected chi connectivity index (χ4v) is 3.88. The quantitative estimate of drug-likeness (QED) is 0.587. The average Bonchev–Trinajstić information content (AvgIpc) is 3.21. The molecule has 0 aliphatic carbocycles. The van der Waals surface area contributed by atoms with Crippen molar-refractivity contribution in [2.75, 3.05) is 31.2 Å². The number of hydrogen-bond acceptors (Lipinski definition) is 5. The molecule has 31 heavy (non-hydrogen) atoms. The molecule has 0 unspecified atom stereocenters. The Morgan fingerprint density at radius 2 is 1.84 bits per heavy atom. The molecule has 1 amide bonds. The Morgan fingerprint density at radius 3 is 2.52 bits per heavy atom. The van der Waals surface area contributed by atoms with E-state index >= 15 is 0 Å². The van der Waals surface area contributed by atoms with E-state index in [4.69, 9.17) is 9.26 Å². The van der Waals surface area contributed by atoms with Crippen molar-refractivity contribution in [1.82, 2.24) is 10.1 Å². The number of amides is 1. The van der Waals surface area contributed by atoms with Gasteiger partial charge in [0.25, 0.3) is 5.91 Å². The van der Waals surface area contributed by atoms with Crippen LogP contribution < -0.4 is 4.90 Å². The predicted octanol–water partition coefficient (Wildman–Crippen LogP) is 4.54. The highest BCUT2D eigenvalue weighted by atomic mass is 16.5. The number of carbonyl (C=O) groups is 1. The highest BCUT2D eigenvalue weighted by molar-refractivity contribution is 5.94. The van der Waals surface area contributed by atoms with Gasteiger partial charge in [0.1, 0.15) is 5.69 Å². The molecule has 0 atom stereocenters. The summed E-state index contributed by atoms with van der Waals surface area (Å²) in [6.45, 7) is 9.28. The normalized spacial score (nSPS) is 14.1. The fourth-order valence-electron chi connectivity index (χ4n) is 3.88. The van der Waals surface area contributed by atoms with Gasteiger partial charge in [0.05, 0.1) is 25.3 Å². The number of aromatic nitrogens is 1. The number of anilines is 1. The molecule has 2 heterocycles. The van der Waals surface area contributed by atoms with Gasteiger partial charge in [0, 0.05) is 30.3 Å². The van der Waals surface area contributed by atoms with Crippen molar-refractivity contribution in [3.8, 4) is 11.3 Å². The van der Waals surface area contributed by atoms with Crippen molar-refractivity contribution in [1.29, 1.82) is 0 Å². The van der Waals surface area contributed by atoms with E-state index in [0.29, 0.717) is 25.3 Å². The van der Waals surface area contributed by atoms with E-state index in [1.807, 2.05) is 80.3 Å². The molecule has 2 aromatic carbocycles. The second-order valence-corrected chi connectivity index (χ2v) is 8.18. The van der Waals surface area contributed by atoms with E-state index < -0.39 is 0 Å². The minimum absolute atomic E-state index is 0.00633. The first-order valence-corrected chi connectivity index (χ1v) is 10.8. The zero-order chi connectivity index (χ0) is 21.8. The smallest absolute Gasteiger partial charge is 0.254 e. The fraction of sp³-hybridized carbons (Fsp3) is 0.360. The van der Waals surface area contributed by atoms with Crippen LogP contribution in [0.4, 0.5) is 5.88 Å². The van der Waals surface area contributed by atoms with Crippen molar-refractivity contribution >= 4 is 11.8 Å². The molecule has 0 N–H and O–H groups in total. The highest BCUT2D eigenvalue weighted by Crippen LogP contribution is 2.33. The number of carbonyl (C=O) groups excluding carboxylic acids is 1. The first-order valence-electron chi connectivity index (χ1n) is 10.8. The first-order chi connectivity index (χ1) is 15.0. The molecule has 0 saturated carbocycles. The van der Waals surface area contributed by atoms with Gasteiger partial charge in [-0.05, 0) is 32.9 Å². The van der Waals surface area contributed by atoms with E-state index in [2.05, 4.69) is 10.1 Å². The number of nitrogens with zero attached hydrogens (tertiary/aromatic N) is 3. The topological polar surface area (TPSA) is 58.8 Å². The average molecular weight is 420 g/mol. The minimum atomic E-state index is 0.00633. The summed E-state index contributed by atoms with van der Waals surface area (Å²) in [5, 5.41) is 4.42. The standard InChI is InChI=1S/C25H29N3O3/c1-18(2)28(24(29)21-11-7-8-19(3)16-21)17-22-23(20-9-5-4-6-10-20)26-31-25(22)27-12-14-30-15-13-27/h4-11,16,18H,12-15,17H2,1-3H3. The summed E-state index contributed by atoms with van der Waals surface area (Å²) in [5.41, 5.74) is 4.46. The van der Waals surface area contributed by atoms with Gasteiger partial charge < -0.3 is 19.1 Å². The van der Waals surface area contributed by atoms with E-state index in [9.17, 15) is 4.79 Å². The predicted molar refractivity (Wildman–Crippen MR) is 121 cm³/mol. The summed E-state index contributed by atoms with van der Waals surface area (Å²) < 4.78 is 11.4. The van der Waals surface area contributed by atoms with Crippen LogP contribution in [-0.4, -0.2) is 48.3 Å². The Balaban J connectivity index is 1.73. The van der Waals surface area contributed by atoms with Crippen LogP contribution >= 0.6 is 0 Å². The third-order valence-electron chi connectivity index (χ3n) is 5.59. The Kier molecular flexibility index (Phi) is 6.37. The molecule has 1 aromatic heterocycles. The van der Waals surface area contributed by atoms with Gasteiger partial charge in [-0.25, -0.2) is 0 Å². The van der Waals surface area contributed by atoms with Crippen molar-refractivity contribution in [3.05, 3.63) is 71.3 Å². The Bertz CT molecular complexity index is 1020. The van der Waals surface area contributed by atoms with E-state index in [0.717, 1.165) is 41.4 Å². The maximum Gasteiger partial charge on any atom is 0.254 e. The minimum Gasteiger partial charge on any atom is -0.378 e. The highest BCUT2D eigenvalue weighted by Gasteiger charge is 2.28. The zero-order valence-corrected chi connectivity index (χ0v) is 18.4. The lowest BCUT2D eigenvalue weighted by Crippen LogP contribution is -2.39. The number of morpholine rings is 1. The van der Waals surface area contributed by atoms with Crippen LogP contribution in [0.15, 0.2) is 59.1 Å². The van der Waals surface area contributed by atoms with Crippen molar-refractivity contribution in [2.45, 2.75) is 33.4 Å². The van der Waals surface area contributed by atoms with Crippen LogP contribution in [0.5, 0.6) is 0 Å². The van der Waals surface area contributed by atoms with Crippen LogP contribution in [0.25, 0.3) is 11.3 Å². The number of ether oxygens (including phenoxy) is 1. The summed E-state index contributed by atoms with van der Waals surface area (Å²) in [6, 6.07) is 17.7. The summed E-state index contributed by atoms with van der Waals surface area (Å²) in [6.07, 6.45) is 0. The van der Waals surface area contributed by atoms with E-state index in [-0.39, 0.29) is 11.9 Å². The van der Waals surface area contributed by atoms with Gasteiger partial charge in [-0.3, -0.25) is 4.79 Å². The molecule has 6 nitrogen and oxygen atoms in total. The van der Waals surface area contributed by atoms with Gasteiger partial charge in [-0.1, -0.05) is 53.2 Å². The van der Waals surface area contributed by atoms with E-state index in [1.54, 1.807) is 0 Å². The largest absolute Gasteiger partial charge is 0.378 e. The maximum atomic E-state index is 13.4. The molecule has 0 radical (unpaired) electrons. The third kappa shape index (κ3) is 4.64. The lowest BCUT2D eigenvalue weighted by atomic mass is 10.0. The molecule has 0 bridgehead atoms. The lowest BCUT2D eigenvalue weighted by molar-refractivity contribution is 0.0690. The molecule has 1 aliphatic rings. The van der Waals surface area contributed by atoms with Crippen LogP contribution in [0.2, 0.25) is 0 Å². The Hall–Kier alpha value is -3.12. The van der Waals surface area contributed by atoms with Gasteiger partial charge in [-0.2, -0.15) is 0 Å². The number of rotatable bonds is 6. The summed E-state index contributed by atoms with van der Waals surface area (Å²) in [5.74, 6) is 0.733. The van der Waals surface area contributed by atoms with Crippen LogP contribution in [-0.2, 0) is 11.3 Å². The van der Waals surface area contributed by atoms with Crippen LogP contribution in [0.1, 0.15) is 35.3 Å². The molecule has 1 saturated heterocycles. The molecule has 162 valence electrons. The zero-order valence-electron chi connectivity index (χ0n) is 18.4. The second-order valence-electron chi connectivity index (χ2n) is 8.18. The summed E-state index contributed by atoms with van der Waals surface area (Å²) >= 11 is 0. The maximum absolute atomic E-state index is 13.4. The third-order valence-corrected chi connectivity index (χ3v) is 5.59. The van der Waals surface area contributed by atoms with Crippen molar-refractivity contribution < 1.29 is 14.1 Å². The van der Waals surface area contributed by atoms with E-state index in [1.165, 1.54) is 0 Å². The first kappa shape index (κ1) is 21.1. The molecule has 6 heteroatoms. The molecular formula is C25H29N3O3. The van der Waals surface area contributed by atoms with Gasteiger partial charge in [0.2, 0.25) is 5.88 Å². The van der Waals surface area contributed by atoms with Crippen LogP contribution in [0.3, 0.4) is 0 Å². The second kappa shape index (κ2) is 9.35. The molecule has 0 spiro atoms. The molecule has 1 aliphatic heterocycles. The SMILES string of the molecule is Cc1cccc(C(=O)N(Cc2c(-c3ccccc3)noc2N2CCOCC2)C(C)C)c1. The summed E-state index contributed by atoms with van der Waals surface area (Å²) in [7, 11) is 0. The number of aryl methyl sites for hydroxylation is 1. The lowest BCUT2D eigenvalue weighted by Gasteiger charge is -2.30. The molecule has 3 aromatic rings. The van der Waals surface area contributed by atoms with Gasteiger partial charge >= 0.3 is 0 Å². The summed E-state index contributed by atoms with van der Waals surface area (Å²) in [4.78, 5) is 17.5. The van der Waals surface area contributed by atoms with Gasteiger partial charge in [-0.15, -0.1) is 0 Å². The van der Waals surface area contributed by atoms with Gasteiger partial charge in [0.15, 0.2) is 0 Å². The Labute approximate surface area is 183 Å². The monoisotopic (exact) mass is 419 g/mol. The van der Waals surface area contributed by atoms with Crippen LogP contribution in [0, 0.1) is 6.92 Å². The number of benzene rings is 2.